The third-order valence-corrected chi connectivity index (χ3v) is 3.98. The van der Waals surface area contributed by atoms with Crippen LogP contribution in [0.5, 0.6) is 0 Å². The van der Waals surface area contributed by atoms with E-state index in [1.54, 1.807) is 24.3 Å². The van der Waals surface area contributed by atoms with E-state index in [9.17, 15) is 14.4 Å². The van der Waals surface area contributed by atoms with Crippen LogP contribution in [0.15, 0.2) is 54.6 Å². The number of carbonyl (C=O) groups excluding carboxylic acids is 3. The number of amides is 2. The number of benzene rings is 2. The Kier molecular flexibility index (Phi) is 7.55. The quantitative estimate of drug-likeness (QED) is 0.702. The molecule has 0 unspecified atom stereocenters. The highest BCUT2D eigenvalue weighted by Crippen LogP contribution is 2.17. The highest BCUT2D eigenvalue weighted by molar-refractivity contribution is 6.02. The molecular weight excluding hydrogens is 344 g/mol. The van der Waals surface area contributed by atoms with E-state index < -0.39 is 5.97 Å². The molecule has 2 aromatic rings. The number of anilines is 1. The normalized spacial score (nSPS) is 11.3. The molecule has 142 valence electrons. The van der Waals surface area contributed by atoms with E-state index in [2.05, 4.69) is 10.6 Å². The average Bonchev–Trinajstić information content (AvgIpc) is 2.67. The molecule has 0 radical (unpaired) electrons. The largest absolute Gasteiger partial charge is 0.452 e. The fraction of sp³-hybridized carbons (Fsp3) is 0.286. The molecule has 0 aliphatic heterocycles. The maximum absolute atomic E-state index is 12.3. The second-order valence-electron chi connectivity index (χ2n) is 6.21. The third-order valence-electron chi connectivity index (χ3n) is 3.98. The zero-order chi connectivity index (χ0) is 19.6. The Morgan fingerprint density at radius 1 is 0.963 bits per heavy atom. The number of nitrogens with one attached hydrogen (secondary N) is 2. The molecule has 0 spiro atoms. The summed E-state index contributed by atoms with van der Waals surface area (Å²) in [7, 11) is 0. The Bertz CT molecular complexity index is 790. The van der Waals surface area contributed by atoms with E-state index in [0.717, 1.165) is 12.0 Å². The van der Waals surface area contributed by atoms with Crippen LogP contribution in [0.3, 0.4) is 0 Å². The number of esters is 1. The summed E-state index contributed by atoms with van der Waals surface area (Å²) in [5.74, 6) is -1.26. The topological polar surface area (TPSA) is 84.5 Å². The lowest BCUT2D eigenvalue weighted by atomic mass is 10.1. The molecule has 2 N–H and O–H groups in total. The molecule has 2 aromatic carbocycles. The number of carbonyl (C=O) groups is 3. The monoisotopic (exact) mass is 368 g/mol. The summed E-state index contributed by atoms with van der Waals surface area (Å²) >= 11 is 0. The molecule has 2 rings (SSSR count). The van der Waals surface area contributed by atoms with E-state index >= 15 is 0 Å². The van der Waals surface area contributed by atoms with Crippen molar-refractivity contribution in [3.8, 4) is 0 Å². The Morgan fingerprint density at radius 3 is 2.33 bits per heavy atom. The van der Waals surface area contributed by atoms with Crippen LogP contribution in [0.1, 0.15) is 36.2 Å². The van der Waals surface area contributed by atoms with Crippen LogP contribution < -0.4 is 10.6 Å². The first-order valence-electron chi connectivity index (χ1n) is 8.89. The SMILES string of the molecule is CC[C@@H](C)NC(=O)COC(=O)c1ccccc1NC(=O)Cc1ccccc1. The predicted molar refractivity (Wildman–Crippen MR) is 103 cm³/mol. The minimum absolute atomic E-state index is 0.0146. The third kappa shape index (κ3) is 6.58. The van der Waals surface area contributed by atoms with Crippen molar-refractivity contribution in [2.24, 2.45) is 0 Å². The molecule has 0 heterocycles. The van der Waals surface area contributed by atoms with Gasteiger partial charge >= 0.3 is 5.97 Å². The molecule has 0 saturated carbocycles. The van der Waals surface area contributed by atoms with Crippen LogP contribution in [0.2, 0.25) is 0 Å². The van der Waals surface area contributed by atoms with Crippen LogP contribution in [0.25, 0.3) is 0 Å². The Hall–Kier alpha value is -3.15. The highest BCUT2D eigenvalue weighted by atomic mass is 16.5. The van der Waals surface area contributed by atoms with Gasteiger partial charge in [0.05, 0.1) is 17.7 Å². The first-order chi connectivity index (χ1) is 13.0. The zero-order valence-corrected chi connectivity index (χ0v) is 15.5. The Balaban J connectivity index is 1.96. The lowest BCUT2D eigenvalue weighted by molar-refractivity contribution is -0.124. The van der Waals surface area contributed by atoms with E-state index in [-0.39, 0.29) is 36.4 Å². The van der Waals surface area contributed by atoms with Crippen LogP contribution >= 0.6 is 0 Å². The van der Waals surface area contributed by atoms with Gasteiger partial charge in [0.25, 0.3) is 5.91 Å². The van der Waals surface area contributed by atoms with Gasteiger partial charge in [-0.05, 0) is 31.0 Å². The van der Waals surface area contributed by atoms with Gasteiger partial charge in [-0.15, -0.1) is 0 Å². The number of ether oxygens (including phenoxy) is 1. The predicted octanol–water partition coefficient (Wildman–Crippen LogP) is 2.94. The zero-order valence-electron chi connectivity index (χ0n) is 15.5. The van der Waals surface area contributed by atoms with Crippen molar-refractivity contribution in [1.82, 2.24) is 5.32 Å². The molecule has 0 bridgehead atoms. The second kappa shape index (κ2) is 10.1. The van der Waals surface area contributed by atoms with Crippen LogP contribution in [-0.2, 0) is 20.7 Å². The van der Waals surface area contributed by atoms with Gasteiger partial charge in [-0.2, -0.15) is 0 Å². The fourth-order valence-electron chi connectivity index (χ4n) is 2.37. The van der Waals surface area contributed by atoms with Gasteiger partial charge in [-0.1, -0.05) is 49.4 Å². The molecular formula is C21H24N2O4. The van der Waals surface area contributed by atoms with Crippen molar-refractivity contribution in [1.29, 1.82) is 0 Å². The lowest BCUT2D eigenvalue weighted by Gasteiger charge is -2.13. The van der Waals surface area contributed by atoms with Crippen molar-refractivity contribution in [3.63, 3.8) is 0 Å². The van der Waals surface area contributed by atoms with Gasteiger partial charge in [0.15, 0.2) is 6.61 Å². The minimum Gasteiger partial charge on any atom is -0.452 e. The summed E-state index contributed by atoms with van der Waals surface area (Å²) in [5.41, 5.74) is 1.43. The van der Waals surface area contributed by atoms with Crippen LogP contribution in [0.4, 0.5) is 5.69 Å². The van der Waals surface area contributed by atoms with Crippen molar-refractivity contribution in [2.45, 2.75) is 32.7 Å². The molecule has 2 amide bonds. The standard InChI is InChI=1S/C21H24N2O4/c1-3-15(2)22-20(25)14-27-21(26)17-11-7-8-12-18(17)23-19(24)13-16-9-5-4-6-10-16/h4-12,15H,3,13-14H2,1-2H3,(H,22,25)(H,23,24)/t15-/m1/s1. The summed E-state index contributed by atoms with van der Waals surface area (Å²) in [6, 6.07) is 15.9. The van der Waals surface area contributed by atoms with Gasteiger partial charge in [0.2, 0.25) is 5.91 Å². The first-order valence-corrected chi connectivity index (χ1v) is 8.89. The molecule has 27 heavy (non-hydrogen) atoms. The summed E-state index contributed by atoms with van der Waals surface area (Å²) < 4.78 is 5.07. The maximum atomic E-state index is 12.3. The number of rotatable bonds is 8. The number of para-hydroxylation sites is 1. The molecule has 0 saturated heterocycles. The molecule has 1 atom stereocenters. The average molecular weight is 368 g/mol. The minimum atomic E-state index is -0.662. The van der Waals surface area contributed by atoms with E-state index in [1.807, 2.05) is 44.2 Å². The van der Waals surface area contributed by atoms with Crippen molar-refractivity contribution >= 4 is 23.5 Å². The van der Waals surface area contributed by atoms with Gasteiger partial charge < -0.3 is 15.4 Å². The first kappa shape index (κ1) is 20.2. The molecule has 0 aliphatic carbocycles. The van der Waals surface area contributed by atoms with Gasteiger partial charge in [0, 0.05) is 6.04 Å². The van der Waals surface area contributed by atoms with Crippen LogP contribution in [-0.4, -0.2) is 30.4 Å². The maximum Gasteiger partial charge on any atom is 0.340 e. The van der Waals surface area contributed by atoms with Gasteiger partial charge in [-0.25, -0.2) is 4.79 Å². The number of hydrogen-bond acceptors (Lipinski definition) is 4. The smallest absolute Gasteiger partial charge is 0.340 e. The molecule has 0 fully saturated rings. The van der Waals surface area contributed by atoms with E-state index in [4.69, 9.17) is 4.74 Å². The summed E-state index contributed by atoms with van der Waals surface area (Å²) in [6.07, 6.45) is 0.984. The van der Waals surface area contributed by atoms with Gasteiger partial charge in [-0.3, -0.25) is 9.59 Å². The Morgan fingerprint density at radius 2 is 1.63 bits per heavy atom. The van der Waals surface area contributed by atoms with Crippen molar-refractivity contribution in [3.05, 3.63) is 65.7 Å². The lowest BCUT2D eigenvalue weighted by Crippen LogP contribution is -2.35. The molecule has 0 aliphatic rings. The van der Waals surface area contributed by atoms with E-state index in [1.165, 1.54) is 0 Å². The summed E-state index contributed by atoms with van der Waals surface area (Å²) in [4.78, 5) is 36.3. The Labute approximate surface area is 158 Å². The highest BCUT2D eigenvalue weighted by Gasteiger charge is 2.16. The fourth-order valence-corrected chi connectivity index (χ4v) is 2.37. The molecule has 6 heteroatoms. The molecule has 0 aromatic heterocycles. The summed E-state index contributed by atoms with van der Waals surface area (Å²) in [5, 5.41) is 5.45. The number of hydrogen-bond donors (Lipinski definition) is 2. The van der Waals surface area contributed by atoms with Crippen molar-refractivity contribution < 1.29 is 19.1 Å². The molecule has 6 nitrogen and oxygen atoms in total. The second-order valence-corrected chi connectivity index (χ2v) is 6.21. The van der Waals surface area contributed by atoms with Gasteiger partial charge in [0.1, 0.15) is 0 Å². The summed E-state index contributed by atoms with van der Waals surface area (Å²) in [6.45, 7) is 3.46. The van der Waals surface area contributed by atoms with Crippen LogP contribution in [0, 0.1) is 0 Å². The van der Waals surface area contributed by atoms with Crippen molar-refractivity contribution in [2.75, 3.05) is 11.9 Å². The van der Waals surface area contributed by atoms with E-state index in [0.29, 0.717) is 5.69 Å².